The first-order valence-electron chi connectivity index (χ1n) is 11.8. The number of rotatable bonds is 6. The Bertz CT molecular complexity index is 907. The SMILES string of the molecule is Cc1cnccc1-c1cnc(N(C)C)nc1[C@H]1CCCCN1C(=O)CCC1CCCC1. The van der Waals surface area contributed by atoms with Crippen molar-refractivity contribution in [2.24, 2.45) is 5.92 Å². The fourth-order valence-electron chi connectivity index (χ4n) is 5.12. The van der Waals surface area contributed by atoms with Crippen LogP contribution in [0, 0.1) is 12.8 Å². The van der Waals surface area contributed by atoms with Gasteiger partial charge in [0.2, 0.25) is 11.9 Å². The standard InChI is InChI=1S/C25H35N5O/c1-18-16-26-14-13-20(18)21-17-27-25(29(2)3)28-24(21)22-10-6-7-15-30(22)23(31)12-11-19-8-4-5-9-19/h13-14,16-17,19,22H,4-12,15H2,1-3H3/t22-/m1/s1. The number of aryl methyl sites for hydroxylation is 1. The van der Waals surface area contributed by atoms with Crippen molar-refractivity contribution in [1.82, 2.24) is 19.9 Å². The van der Waals surface area contributed by atoms with Gasteiger partial charge in [0.1, 0.15) is 0 Å². The summed E-state index contributed by atoms with van der Waals surface area (Å²) in [7, 11) is 3.92. The molecule has 2 aromatic rings. The van der Waals surface area contributed by atoms with E-state index in [4.69, 9.17) is 4.98 Å². The van der Waals surface area contributed by atoms with Crippen LogP contribution in [0.4, 0.5) is 5.95 Å². The number of hydrogen-bond donors (Lipinski definition) is 0. The minimum absolute atomic E-state index is 0.00842. The van der Waals surface area contributed by atoms with E-state index in [1.165, 1.54) is 25.7 Å². The molecule has 0 spiro atoms. The smallest absolute Gasteiger partial charge is 0.225 e. The topological polar surface area (TPSA) is 62.2 Å². The maximum Gasteiger partial charge on any atom is 0.225 e. The highest BCUT2D eigenvalue weighted by molar-refractivity contribution is 5.78. The Morgan fingerprint density at radius 2 is 1.87 bits per heavy atom. The van der Waals surface area contributed by atoms with E-state index in [1.54, 1.807) is 0 Å². The van der Waals surface area contributed by atoms with Gasteiger partial charge in [0, 0.05) is 51.2 Å². The summed E-state index contributed by atoms with van der Waals surface area (Å²) in [5, 5.41) is 0. The molecular weight excluding hydrogens is 386 g/mol. The van der Waals surface area contributed by atoms with Crippen molar-refractivity contribution >= 4 is 11.9 Å². The normalized spacial score (nSPS) is 19.6. The van der Waals surface area contributed by atoms with Gasteiger partial charge in [-0.05, 0) is 55.7 Å². The molecule has 1 aliphatic carbocycles. The first-order valence-corrected chi connectivity index (χ1v) is 11.8. The Labute approximate surface area is 186 Å². The molecular formula is C25H35N5O. The van der Waals surface area contributed by atoms with Crippen LogP contribution in [-0.2, 0) is 4.79 Å². The number of amides is 1. The lowest BCUT2D eigenvalue weighted by Gasteiger charge is -2.37. The molecule has 1 aliphatic heterocycles. The van der Waals surface area contributed by atoms with Gasteiger partial charge in [-0.2, -0.15) is 0 Å². The van der Waals surface area contributed by atoms with Crippen LogP contribution < -0.4 is 4.90 Å². The number of nitrogens with zero attached hydrogens (tertiary/aromatic N) is 5. The lowest BCUT2D eigenvalue weighted by atomic mass is 9.92. The number of pyridine rings is 1. The monoisotopic (exact) mass is 421 g/mol. The number of anilines is 1. The molecule has 1 amide bonds. The second-order valence-electron chi connectivity index (χ2n) is 9.34. The third-order valence-electron chi connectivity index (χ3n) is 6.90. The second kappa shape index (κ2) is 9.75. The van der Waals surface area contributed by atoms with E-state index in [0.717, 1.165) is 60.5 Å². The molecule has 2 fully saturated rings. The number of carbonyl (C=O) groups excluding carboxylic acids is 1. The van der Waals surface area contributed by atoms with Crippen LogP contribution in [0.3, 0.4) is 0 Å². The molecule has 31 heavy (non-hydrogen) atoms. The number of piperidine rings is 1. The first kappa shape index (κ1) is 21.7. The molecule has 6 heteroatoms. The lowest BCUT2D eigenvalue weighted by Crippen LogP contribution is -2.39. The summed E-state index contributed by atoms with van der Waals surface area (Å²) >= 11 is 0. The van der Waals surface area contributed by atoms with E-state index >= 15 is 0 Å². The Hall–Kier alpha value is -2.50. The molecule has 3 heterocycles. The fraction of sp³-hybridized carbons (Fsp3) is 0.600. The van der Waals surface area contributed by atoms with Crippen molar-refractivity contribution < 1.29 is 4.79 Å². The van der Waals surface area contributed by atoms with E-state index in [0.29, 0.717) is 18.3 Å². The average molecular weight is 422 g/mol. The predicted molar refractivity (Wildman–Crippen MR) is 124 cm³/mol. The zero-order chi connectivity index (χ0) is 21.8. The van der Waals surface area contributed by atoms with Crippen LogP contribution >= 0.6 is 0 Å². The van der Waals surface area contributed by atoms with Gasteiger partial charge in [0.25, 0.3) is 0 Å². The van der Waals surface area contributed by atoms with E-state index < -0.39 is 0 Å². The van der Waals surface area contributed by atoms with Gasteiger partial charge in [-0.3, -0.25) is 9.78 Å². The third kappa shape index (κ3) is 4.89. The minimum Gasteiger partial charge on any atom is -0.347 e. The summed E-state index contributed by atoms with van der Waals surface area (Å²) in [5.41, 5.74) is 4.19. The maximum atomic E-state index is 13.3. The van der Waals surface area contributed by atoms with Crippen LogP contribution in [0.2, 0.25) is 0 Å². The van der Waals surface area contributed by atoms with Crippen molar-refractivity contribution in [2.75, 3.05) is 25.5 Å². The molecule has 0 N–H and O–H groups in total. The quantitative estimate of drug-likeness (QED) is 0.661. The average Bonchev–Trinajstić information content (AvgIpc) is 3.31. The Morgan fingerprint density at radius 3 is 2.61 bits per heavy atom. The van der Waals surface area contributed by atoms with E-state index in [1.807, 2.05) is 43.7 Å². The molecule has 1 saturated carbocycles. The van der Waals surface area contributed by atoms with Crippen LogP contribution in [0.1, 0.15) is 75.1 Å². The fourth-order valence-corrected chi connectivity index (χ4v) is 5.12. The molecule has 166 valence electrons. The van der Waals surface area contributed by atoms with Crippen molar-refractivity contribution in [3.63, 3.8) is 0 Å². The van der Waals surface area contributed by atoms with Gasteiger partial charge >= 0.3 is 0 Å². The molecule has 2 aliphatic rings. The number of carbonyl (C=O) groups is 1. The highest BCUT2D eigenvalue weighted by Gasteiger charge is 2.32. The van der Waals surface area contributed by atoms with Gasteiger partial charge < -0.3 is 9.80 Å². The third-order valence-corrected chi connectivity index (χ3v) is 6.90. The predicted octanol–water partition coefficient (Wildman–Crippen LogP) is 4.94. The largest absolute Gasteiger partial charge is 0.347 e. The lowest BCUT2D eigenvalue weighted by molar-refractivity contribution is -0.135. The Kier molecular flexibility index (Phi) is 6.83. The van der Waals surface area contributed by atoms with Gasteiger partial charge in [-0.1, -0.05) is 25.7 Å². The van der Waals surface area contributed by atoms with Crippen LogP contribution in [-0.4, -0.2) is 46.4 Å². The van der Waals surface area contributed by atoms with Crippen LogP contribution in [0.5, 0.6) is 0 Å². The molecule has 0 radical (unpaired) electrons. The van der Waals surface area contributed by atoms with Crippen molar-refractivity contribution in [3.8, 4) is 11.1 Å². The summed E-state index contributed by atoms with van der Waals surface area (Å²) in [4.78, 5) is 31.2. The molecule has 0 bridgehead atoms. The summed E-state index contributed by atoms with van der Waals surface area (Å²) in [5.74, 6) is 1.72. The zero-order valence-corrected chi connectivity index (χ0v) is 19.2. The molecule has 4 rings (SSSR count). The van der Waals surface area contributed by atoms with Crippen LogP contribution in [0.15, 0.2) is 24.7 Å². The number of likely N-dealkylation sites (tertiary alicyclic amines) is 1. The zero-order valence-electron chi connectivity index (χ0n) is 19.2. The van der Waals surface area contributed by atoms with Crippen molar-refractivity contribution in [1.29, 1.82) is 0 Å². The highest BCUT2D eigenvalue weighted by atomic mass is 16.2. The molecule has 6 nitrogen and oxygen atoms in total. The molecule has 0 unspecified atom stereocenters. The number of aromatic nitrogens is 3. The molecule has 1 saturated heterocycles. The summed E-state index contributed by atoms with van der Waals surface area (Å²) in [6.07, 6.45) is 15.7. The molecule has 1 atom stereocenters. The summed E-state index contributed by atoms with van der Waals surface area (Å²) < 4.78 is 0. The second-order valence-corrected chi connectivity index (χ2v) is 9.34. The minimum atomic E-state index is 0.00842. The molecule has 2 aromatic heterocycles. The maximum absolute atomic E-state index is 13.3. The Morgan fingerprint density at radius 1 is 1.10 bits per heavy atom. The summed E-state index contributed by atoms with van der Waals surface area (Å²) in [6.45, 7) is 2.89. The van der Waals surface area contributed by atoms with Crippen molar-refractivity contribution in [2.45, 2.75) is 70.8 Å². The Balaban J connectivity index is 1.66. The highest BCUT2D eigenvalue weighted by Crippen LogP contribution is 2.38. The molecule has 0 aromatic carbocycles. The van der Waals surface area contributed by atoms with Gasteiger partial charge in [0.15, 0.2) is 0 Å². The first-order chi connectivity index (χ1) is 15.0. The van der Waals surface area contributed by atoms with Gasteiger partial charge in [0.05, 0.1) is 11.7 Å². The number of hydrogen-bond acceptors (Lipinski definition) is 5. The van der Waals surface area contributed by atoms with Gasteiger partial charge in [-0.15, -0.1) is 0 Å². The van der Waals surface area contributed by atoms with E-state index in [9.17, 15) is 4.79 Å². The van der Waals surface area contributed by atoms with Crippen molar-refractivity contribution in [3.05, 3.63) is 35.9 Å². The van der Waals surface area contributed by atoms with Crippen LogP contribution in [0.25, 0.3) is 11.1 Å². The van der Waals surface area contributed by atoms with E-state index in [-0.39, 0.29) is 6.04 Å². The van der Waals surface area contributed by atoms with E-state index in [2.05, 4.69) is 21.8 Å². The van der Waals surface area contributed by atoms with Gasteiger partial charge in [-0.25, -0.2) is 9.97 Å². The summed E-state index contributed by atoms with van der Waals surface area (Å²) in [6, 6.07) is 2.04.